The molecule has 0 saturated carbocycles. The van der Waals surface area contributed by atoms with Gasteiger partial charge in [-0.25, -0.2) is 0 Å². The predicted octanol–water partition coefficient (Wildman–Crippen LogP) is 2.73. The first-order valence-corrected chi connectivity index (χ1v) is 6.89. The lowest BCUT2D eigenvalue weighted by Gasteiger charge is -2.16. The highest BCUT2D eigenvalue weighted by Crippen LogP contribution is 2.01. The summed E-state index contributed by atoms with van der Waals surface area (Å²) in [6.07, 6.45) is 5.35. The fraction of sp³-hybridized carbons (Fsp3) is 0.500. The highest BCUT2D eigenvalue weighted by molar-refractivity contribution is 5.48. The van der Waals surface area contributed by atoms with Crippen molar-refractivity contribution < 1.29 is 9.47 Å². The molecule has 0 aliphatic rings. The van der Waals surface area contributed by atoms with Crippen molar-refractivity contribution in [2.75, 3.05) is 33.4 Å². The zero-order valence-corrected chi connectivity index (χ0v) is 12.0. The van der Waals surface area contributed by atoms with Crippen LogP contribution in [0.4, 0.5) is 0 Å². The first kappa shape index (κ1) is 15.9. The minimum Gasteiger partial charge on any atom is -0.382 e. The highest BCUT2D eigenvalue weighted by Gasteiger charge is 2.06. The second kappa shape index (κ2) is 10.7. The molecule has 19 heavy (non-hydrogen) atoms. The van der Waals surface area contributed by atoms with Crippen LogP contribution in [0.2, 0.25) is 0 Å². The molecule has 0 aromatic heterocycles. The van der Waals surface area contributed by atoms with Gasteiger partial charge in [-0.05, 0) is 18.5 Å². The largest absolute Gasteiger partial charge is 0.382 e. The number of methoxy groups -OCH3 is 1. The SMILES string of the molecule is CCCNCC(COC)OC/C=C/c1ccccc1. The molecule has 1 N–H and O–H groups in total. The first-order chi connectivity index (χ1) is 9.36. The average Bonchev–Trinajstić information content (AvgIpc) is 2.45. The zero-order chi connectivity index (χ0) is 13.8. The zero-order valence-electron chi connectivity index (χ0n) is 12.0. The Kier molecular flexibility index (Phi) is 8.98. The summed E-state index contributed by atoms with van der Waals surface area (Å²) in [7, 11) is 1.70. The maximum atomic E-state index is 5.78. The van der Waals surface area contributed by atoms with E-state index in [9.17, 15) is 0 Å². The fourth-order valence-electron chi connectivity index (χ4n) is 1.73. The number of rotatable bonds is 10. The van der Waals surface area contributed by atoms with Crippen molar-refractivity contribution in [1.82, 2.24) is 5.32 Å². The van der Waals surface area contributed by atoms with E-state index in [4.69, 9.17) is 9.47 Å². The van der Waals surface area contributed by atoms with Crippen molar-refractivity contribution in [3.8, 4) is 0 Å². The highest BCUT2D eigenvalue weighted by atomic mass is 16.5. The first-order valence-electron chi connectivity index (χ1n) is 6.89. The summed E-state index contributed by atoms with van der Waals surface area (Å²) in [6.45, 7) is 5.23. The maximum absolute atomic E-state index is 5.78. The van der Waals surface area contributed by atoms with Gasteiger partial charge >= 0.3 is 0 Å². The Hall–Kier alpha value is -1.16. The molecule has 1 aromatic rings. The monoisotopic (exact) mass is 263 g/mol. The van der Waals surface area contributed by atoms with Gasteiger partial charge in [0, 0.05) is 13.7 Å². The minimum absolute atomic E-state index is 0.108. The van der Waals surface area contributed by atoms with Crippen molar-refractivity contribution in [1.29, 1.82) is 0 Å². The number of benzene rings is 1. The van der Waals surface area contributed by atoms with E-state index < -0.39 is 0 Å². The van der Waals surface area contributed by atoms with E-state index in [-0.39, 0.29) is 6.10 Å². The van der Waals surface area contributed by atoms with E-state index in [0.717, 1.165) is 19.5 Å². The lowest BCUT2D eigenvalue weighted by atomic mass is 10.2. The lowest BCUT2D eigenvalue weighted by Crippen LogP contribution is -2.33. The van der Waals surface area contributed by atoms with Gasteiger partial charge in [0.25, 0.3) is 0 Å². The molecule has 3 heteroatoms. The molecule has 1 rings (SSSR count). The van der Waals surface area contributed by atoms with Crippen molar-refractivity contribution in [3.63, 3.8) is 0 Å². The Balaban J connectivity index is 2.25. The van der Waals surface area contributed by atoms with Gasteiger partial charge < -0.3 is 14.8 Å². The van der Waals surface area contributed by atoms with Crippen LogP contribution in [0.25, 0.3) is 6.08 Å². The lowest BCUT2D eigenvalue weighted by molar-refractivity contribution is 0.0123. The molecule has 0 fully saturated rings. The van der Waals surface area contributed by atoms with Crippen molar-refractivity contribution in [3.05, 3.63) is 42.0 Å². The van der Waals surface area contributed by atoms with Gasteiger partial charge in [-0.2, -0.15) is 0 Å². The second-order valence-electron chi connectivity index (χ2n) is 4.43. The Bertz CT molecular complexity index is 338. The molecule has 0 aliphatic heterocycles. The molecule has 0 spiro atoms. The van der Waals surface area contributed by atoms with Gasteiger partial charge in [0.05, 0.1) is 19.3 Å². The van der Waals surface area contributed by atoms with Crippen LogP contribution in [0.1, 0.15) is 18.9 Å². The number of ether oxygens (including phenoxy) is 2. The molecule has 0 radical (unpaired) electrons. The number of nitrogens with one attached hydrogen (secondary N) is 1. The van der Waals surface area contributed by atoms with E-state index in [2.05, 4.69) is 30.4 Å². The standard InChI is InChI=1S/C16H25NO2/c1-3-11-17-13-16(14-18-2)19-12-7-10-15-8-5-4-6-9-15/h4-10,16-17H,3,11-14H2,1-2H3/b10-7+. The fourth-order valence-corrected chi connectivity index (χ4v) is 1.73. The van der Waals surface area contributed by atoms with Crippen LogP contribution in [0.15, 0.2) is 36.4 Å². The molecule has 1 unspecified atom stereocenters. The third-order valence-corrected chi connectivity index (χ3v) is 2.69. The second-order valence-corrected chi connectivity index (χ2v) is 4.43. The minimum atomic E-state index is 0.108. The Morgan fingerprint density at radius 1 is 1.26 bits per heavy atom. The van der Waals surface area contributed by atoms with E-state index in [0.29, 0.717) is 13.2 Å². The van der Waals surface area contributed by atoms with Crippen LogP contribution in [-0.2, 0) is 9.47 Å². The van der Waals surface area contributed by atoms with E-state index in [1.807, 2.05) is 24.3 Å². The van der Waals surface area contributed by atoms with Crippen LogP contribution < -0.4 is 5.32 Å². The smallest absolute Gasteiger partial charge is 0.0936 e. The topological polar surface area (TPSA) is 30.5 Å². The third-order valence-electron chi connectivity index (χ3n) is 2.69. The van der Waals surface area contributed by atoms with Gasteiger partial charge in [-0.15, -0.1) is 0 Å². The van der Waals surface area contributed by atoms with E-state index in [1.54, 1.807) is 7.11 Å². The van der Waals surface area contributed by atoms with Gasteiger partial charge in [-0.1, -0.05) is 49.4 Å². The van der Waals surface area contributed by atoms with Crippen LogP contribution in [0, 0.1) is 0 Å². The van der Waals surface area contributed by atoms with E-state index in [1.165, 1.54) is 5.56 Å². The molecule has 1 atom stereocenters. The quantitative estimate of drug-likeness (QED) is 0.658. The predicted molar refractivity (Wildman–Crippen MR) is 80.3 cm³/mol. The molecule has 106 valence electrons. The van der Waals surface area contributed by atoms with Crippen molar-refractivity contribution in [2.45, 2.75) is 19.4 Å². The summed E-state index contributed by atoms with van der Waals surface area (Å²) >= 11 is 0. The van der Waals surface area contributed by atoms with Crippen LogP contribution >= 0.6 is 0 Å². The molecule has 0 amide bonds. The normalized spacial score (nSPS) is 12.9. The molecule has 0 heterocycles. The van der Waals surface area contributed by atoms with E-state index >= 15 is 0 Å². The summed E-state index contributed by atoms with van der Waals surface area (Å²) in [4.78, 5) is 0. The molecular weight excluding hydrogens is 238 g/mol. The van der Waals surface area contributed by atoms with Gasteiger partial charge in [0.1, 0.15) is 0 Å². The van der Waals surface area contributed by atoms with Crippen molar-refractivity contribution in [2.24, 2.45) is 0 Å². The summed E-state index contributed by atoms with van der Waals surface area (Å²) in [5.41, 5.74) is 1.19. The number of hydrogen-bond donors (Lipinski definition) is 1. The summed E-state index contributed by atoms with van der Waals surface area (Å²) in [5.74, 6) is 0. The van der Waals surface area contributed by atoms with Gasteiger partial charge in [0.15, 0.2) is 0 Å². The molecule has 0 saturated heterocycles. The van der Waals surface area contributed by atoms with Crippen LogP contribution in [-0.4, -0.2) is 39.5 Å². The summed E-state index contributed by atoms with van der Waals surface area (Å²) in [6, 6.07) is 10.2. The number of hydrogen-bond acceptors (Lipinski definition) is 3. The molecule has 0 bridgehead atoms. The summed E-state index contributed by atoms with van der Waals surface area (Å²) in [5, 5.41) is 3.35. The molecule has 3 nitrogen and oxygen atoms in total. The Labute approximate surface area is 116 Å². The molecular formula is C16H25NO2. The van der Waals surface area contributed by atoms with Gasteiger partial charge in [-0.3, -0.25) is 0 Å². The average molecular weight is 263 g/mol. The van der Waals surface area contributed by atoms with Gasteiger partial charge in [0.2, 0.25) is 0 Å². The van der Waals surface area contributed by atoms with Crippen LogP contribution in [0.3, 0.4) is 0 Å². The third kappa shape index (κ3) is 7.78. The maximum Gasteiger partial charge on any atom is 0.0936 e. The Morgan fingerprint density at radius 3 is 2.74 bits per heavy atom. The molecule has 0 aliphatic carbocycles. The Morgan fingerprint density at radius 2 is 2.05 bits per heavy atom. The molecule has 1 aromatic carbocycles. The summed E-state index contributed by atoms with van der Waals surface area (Å²) < 4.78 is 10.9. The van der Waals surface area contributed by atoms with Crippen molar-refractivity contribution >= 4 is 6.08 Å². The van der Waals surface area contributed by atoms with Crippen LogP contribution in [0.5, 0.6) is 0 Å².